The Labute approximate surface area is 159 Å². The molecule has 0 fully saturated rings. The van der Waals surface area contributed by atoms with Crippen LogP contribution < -0.4 is 10.6 Å². The van der Waals surface area contributed by atoms with E-state index in [1.54, 1.807) is 30.0 Å². The molecule has 2 aromatic rings. The van der Waals surface area contributed by atoms with Gasteiger partial charge in [-0.15, -0.1) is 11.8 Å². The van der Waals surface area contributed by atoms with E-state index in [0.29, 0.717) is 30.0 Å². The van der Waals surface area contributed by atoms with Crippen molar-refractivity contribution >= 4 is 29.3 Å². The Morgan fingerprint density at radius 3 is 2.50 bits per heavy atom. The van der Waals surface area contributed by atoms with E-state index in [4.69, 9.17) is 0 Å². The average molecular weight is 371 g/mol. The van der Waals surface area contributed by atoms with Crippen molar-refractivity contribution in [3.05, 3.63) is 59.7 Å². The second kappa shape index (κ2) is 10.7. The van der Waals surface area contributed by atoms with Gasteiger partial charge in [0.2, 0.25) is 5.91 Å². The van der Waals surface area contributed by atoms with Crippen molar-refractivity contribution in [3.63, 3.8) is 0 Å². The number of amides is 2. The van der Waals surface area contributed by atoms with E-state index >= 15 is 0 Å². The lowest BCUT2D eigenvalue weighted by molar-refractivity contribution is -0.115. The fourth-order valence-electron chi connectivity index (χ4n) is 2.37. The lowest BCUT2D eigenvalue weighted by Crippen LogP contribution is -2.26. The Balaban J connectivity index is 1.86. The first-order valence-corrected chi connectivity index (χ1v) is 9.95. The molecule has 2 N–H and O–H groups in total. The Kier molecular flexibility index (Phi) is 8.22. The maximum atomic E-state index is 12.3. The maximum absolute atomic E-state index is 12.3. The van der Waals surface area contributed by atoms with Gasteiger partial charge in [-0.3, -0.25) is 9.59 Å². The van der Waals surface area contributed by atoms with Crippen LogP contribution in [-0.2, 0) is 4.79 Å². The quantitative estimate of drug-likeness (QED) is 0.499. The van der Waals surface area contributed by atoms with Gasteiger partial charge in [-0.2, -0.15) is 0 Å². The van der Waals surface area contributed by atoms with Gasteiger partial charge in [-0.1, -0.05) is 43.2 Å². The smallest absolute Gasteiger partial charge is 0.253 e. The molecule has 0 aliphatic carbocycles. The monoisotopic (exact) mass is 370 g/mol. The molecule has 2 rings (SSSR count). The standard InChI is InChI=1S/C21H26N2O2S/c1-3-4-14-22-21(25)18-7-5-6-8-19(18)23-20(24)13-15-26-17-11-9-16(2)10-12-17/h5-12H,3-4,13-15H2,1-2H3,(H,22,25)(H,23,24). The topological polar surface area (TPSA) is 58.2 Å². The van der Waals surface area contributed by atoms with Crippen molar-refractivity contribution < 1.29 is 9.59 Å². The second-order valence-corrected chi connectivity index (χ2v) is 7.28. The molecular weight excluding hydrogens is 344 g/mol. The average Bonchev–Trinajstić information content (AvgIpc) is 2.64. The third kappa shape index (κ3) is 6.56. The highest BCUT2D eigenvalue weighted by atomic mass is 32.2. The Bertz CT molecular complexity index is 729. The summed E-state index contributed by atoms with van der Waals surface area (Å²) in [6, 6.07) is 15.4. The number of anilines is 1. The predicted octanol–water partition coefficient (Wildman–Crippen LogP) is 4.65. The van der Waals surface area contributed by atoms with Crippen LogP contribution in [0.25, 0.3) is 0 Å². The van der Waals surface area contributed by atoms with E-state index in [1.807, 2.05) is 6.07 Å². The molecule has 138 valence electrons. The number of nitrogens with one attached hydrogen (secondary N) is 2. The largest absolute Gasteiger partial charge is 0.352 e. The van der Waals surface area contributed by atoms with E-state index in [1.165, 1.54) is 5.56 Å². The van der Waals surface area contributed by atoms with Crippen molar-refractivity contribution in [1.29, 1.82) is 0 Å². The third-order valence-electron chi connectivity index (χ3n) is 3.88. The summed E-state index contributed by atoms with van der Waals surface area (Å²) >= 11 is 1.65. The van der Waals surface area contributed by atoms with Gasteiger partial charge < -0.3 is 10.6 Å². The van der Waals surface area contributed by atoms with Crippen LogP contribution in [0.2, 0.25) is 0 Å². The molecule has 2 aromatic carbocycles. The van der Waals surface area contributed by atoms with Crippen LogP contribution in [0.15, 0.2) is 53.4 Å². The predicted molar refractivity (Wildman–Crippen MR) is 109 cm³/mol. The lowest BCUT2D eigenvalue weighted by atomic mass is 10.1. The first kappa shape index (κ1) is 20.0. The van der Waals surface area contributed by atoms with Crippen molar-refractivity contribution in [2.45, 2.75) is 38.0 Å². The molecule has 0 spiro atoms. The number of carbonyl (C=O) groups excluding carboxylic acids is 2. The number of hydrogen-bond donors (Lipinski definition) is 2. The molecule has 0 aromatic heterocycles. The summed E-state index contributed by atoms with van der Waals surface area (Å²) in [4.78, 5) is 25.7. The zero-order valence-electron chi connectivity index (χ0n) is 15.4. The lowest BCUT2D eigenvalue weighted by Gasteiger charge is -2.11. The molecule has 0 radical (unpaired) electrons. The maximum Gasteiger partial charge on any atom is 0.253 e. The van der Waals surface area contributed by atoms with Gasteiger partial charge in [0.1, 0.15) is 0 Å². The number of para-hydroxylation sites is 1. The van der Waals surface area contributed by atoms with Gasteiger partial charge in [0.15, 0.2) is 0 Å². The molecule has 0 atom stereocenters. The van der Waals surface area contributed by atoms with E-state index in [2.05, 4.69) is 48.7 Å². The number of aryl methyl sites for hydroxylation is 1. The number of benzene rings is 2. The summed E-state index contributed by atoms with van der Waals surface area (Å²) in [5.74, 6) is 0.460. The molecular formula is C21H26N2O2S. The highest BCUT2D eigenvalue weighted by Crippen LogP contribution is 2.20. The molecule has 5 heteroatoms. The highest BCUT2D eigenvalue weighted by molar-refractivity contribution is 7.99. The van der Waals surface area contributed by atoms with Crippen molar-refractivity contribution in [2.75, 3.05) is 17.6 Å². The number of rotatable bonds is 9. The summed E-state index contributed by atoms with van der Waals surface area (Å²) in [5, 5.41) is 5.75. The Morgan fingerprint density at radius 1 is 1.04 bits per heavy atom. The SMILES string of the molecule is CCCCNC(=O)c1ccccc1NC(=O)CCSc1ccc(C)cc1. The van der Waals surface area contributed by atoms with Gasteiger partial charge in [0.25, 0.3) is 5.91 Å². The summed E-state index contributed by atoms with van der Waals surface area (Å²) in [6.07, 6.45) is 2.36. The highest BCUT2D eigenvalue weighted by Gasteiger charge is 2.12. The molecule has 0 saturated carbocycles. The fraction of sp³-hybridized carbons (Fsp3) is 0.333. The van der Waals surface area contributed by atoms with Crippen LogP contribution in [0.5, 0.6) is 0 Å². The van der Waals surface area contributed by atoms with Gasteiger partial charge in [0.05, 0.1) is 11.3 Å². The minimum atomic E-state index is -0.150. The Morgan fingerprint density at radius 2 is 1.77 bits per heavy atom. The first-order chi connectivity index (χ1) is 12.6. The molecule has 0 aliphatic heterocycles. The van der Waals surface area contributed by atoms with Gasteiger partial charge in [-0.25, -0.2) is 0 Å². The fourth-order valence-corrected chi connectivity index (χ4v) is 3.22. The van der Waals surface area contributed by atoms with Crippen LogP contribution in [0.4, 0.5) is 5.69 Å². The van der Waals surface area contributed by atoms with Gasteiger partial charge in [0, 0.05) is 23.6 Å². The third-order valence-corrected chi connectivity index (χ3v) is 4.89. The molecule has 0 saturated heterocycles. The van der Waals surface area contributed by atoms with Gasteiger partial charge in [-0.05, 0) is 37.6 Å². The van der Waals surface area contributed by atoms with Crippen LogP contribution in [0.1, 0.15) is 42.1 Å². The van der Waals surface area contributed by atoms with Gasteiger partial charge >= 0.3 is 0 Å². The minimum absolute atomic E-state index is 0.0848. The van der Waals surface area contributed by atoms with Crippen LogP contribution in [0, 0.1) is 6.92 Å². The number of unbranched alkanes of at least 4 members (excludes halogenated alkanes) is 1. The van der Waals surface area contributed by atoms with Crippen LogP contribution >= 0.6 is 11.8 Å². The number of carbonyl (C=O) groups is 2. The molecule has 0 bridgehead atoms. The molecule has 2 amide bonds. The van der Waals surface area contributed by atoms with E-state index in [0.717, 1.165) is 17.7 Å². The summed E-state index contributed by atoms with van der Waals surface area (Å²) in [7, 11) is 0. The van der Waals surface area contributed by atoms with E-state index in [9.17, 15) is 9.59 Å². The van der Waals surface area contributed by atoms with Crippen LogP contribution in [0.3, 0.4) is 0 Å². The van der Waals surface area contributed by atoms with E-state index in [-0.39, 0.29) is 11.8 Å². The normalized spacial score (nSPS) is 10.4. The summed E-state index contributed by atoms with van der Waals surface area (Å²) in [6.45, 7) is 4.78. The molecule has 4 nitrogen and oxygen atoms in total. The molecule has 26 heavy (non-hydrogen) atoms. The van der Waals surface area contributed by atoms with Crippen molar-refractivity contribution in [2.24, 2.45) is 0 Å². The second-order valence-electron chi connectivity index (χ2n) is 6.11. The number of thioether (sulfide) groups is 1. The van der Waals surface area contributed by atoms with Crippen molar-refractivity contribution in [1.82, 2.24) is 5.32 Å². The minimum Gasteiger partial charge on any atom is -0.352 e. The Hall–Kier alpha value is -2.27. The number of hydrogen-bond acceptors (Lipinski definition) is 3. The zero-order valence-corrected chi connectivity index (χ0v) is 16.2. The summed E-state index contributed by atoms with van der Waals surface area (Å²) in [5.41, 5.74) is 2.29. The zero-order chi connectivity index (χ0) is 18.8. The summed E-state index contributed by atoms with van der Waals surface area (Å²) < 4.78 is 0. The molecule has 0 heterocycles. The first-order valence-electron chi connectivity index (χ1n) is 8.96. The molecule has 0 aliphatic rings. The molecule has 0 unspecified atom stereocenters. The van der Waals surface area contributed by atoms with E-state index < -0.39 is 0 Å². The van der Waals surface area contributed by atoms with Crippen molar-refractivity contribution in [3.8, 4) is 0 Å². The van der Waals surface area contributed by atoms with Crippen LogP contribution in [-0.4, -0.2) is 24.1 Å².